The van der Waals surface area contributed by atoms with Crippen molar-refractivity contribution >= 4 is 51.5 Å². The Morgan fingerprint density at radius 3 is 2.41 bits per heavy atom. The molecule has 37 heavy (non-hydrogen) atoms. The molecule has 5 rings (SSSR count). The van der Waals surface area contributed by atoms with Crippen molar-refractivity contribution in [3.05, 3.63) is 123 Å². The minimum atomic E-state index is -0.465. The molecule has 1 heterocycles. The van der Waals surface area contributed by atoms with Gasteiger partial charge in [0.1, 0.15) is 5.82 Å². The van der Waals surface area contributed by atoms with Crippen molar-refractivity contribution in [1.29, 1.82) is 0 Å². The molecule has 0 saturated heterocycles. The first-order valence-electron chi connectivity index (χ1n) is 11.6. The van der Waals surface area contributed by atoms with E-state index in [2.05, 4.69) is 15.6 Å². The topological polar surface area (TPSA) is 76.0 Å². The molecule has 0 spiro atoms. The Hall–Kier alpha value is -4.13. The number of hydrogen-bond donors (Lipinski definition) is 2. The Bertz CT molecular complexity index is 1680. The standard InChI is InChI=1S/C29H22Cl2N4O2/c1-18-32-26-14-13-23(33-29(37)34-27-8-3-2-7-25(27)31)16-24(26)28(36)35(18)17-19-9-11-20(12-10-19)21-5-4-6-22(30)15-21/h2-16H,17H2,1H3,(H2,33,34,37). The Kier molecular flexibility index (Phi) is 6.95. The van der Waals surface area contributed by atoms with E-state index in [0.29, 0.717) is 44.7 Å². The second kappa shape index (κ2) is 10.5. The summed E-state index contributed by atoms with van der Waals surface area (Å²) in [6, 6.07) is 27.2. The molecule has 0 unspecified atom stereocenters. The molecule has 0 aliphatic carbocycles. The molecule has 1 aromatic heterocycles. The maximum atomic E-state index is 13.4. The number of rotatable bonds is 5. The van der Waals surface area contributed by atoms with Gasteiger partial charge < -0.3 is 10.6 Å². The monoisotopic (exact) mass is 528 g/mol. The van der Waals surface area contributed by atoms with Crippen LogP contribution in [0.1, 0.15) is 11.4 Å². The summed E-state index contributed by atoms with van der Waals surface area (Å²) >= 11 is 12.2. The third-order valence-electron chi connectivity index (χ3n) is 5.98. The normalized spacial score (nSPS) is 10.9. The van der Waals surface area contributed by atoms with Gasteiger partial charge in [-0.05, 0) is 66.1 Å². The number of aryl methyl sites for hydroxylation is 1. The predicted molar refractivity (Wildman–Crippen MR) is 151 cm³/mol. The number of halogens is 2. The Labute approximate surface area is 223 Å². The lowest BCUT2D eigenvalue weighted by Crippen LogP contribution is -2.25. The number of carbonyl (C=O) groups is 1. The molecule has 2 amide bonds. The number of amides is 2. The Balaban J connectivity index is 1.38. The van der Waals surface area contributed by atoms with Crippen molar-refractivity contribution < 1.29 is 4.79 Å². The highest BCUT2D eigenvalue weighted by molar-refractivity contribution is 6.33. The lowest BCUT2D eigenvalue weighted by atomic mass is 10.0. The van der Waals surface area contributed by atoms with E-state index < -0.39 is 6.03 Å². The number of urea groups is 1. The SMILES string of the molecule is Cc1nc2ccc(NC(=O)Nc3ccccc3Cl)cc2c(=O)n1Cc1ccc(-c2cccc(Cl)c2)cc1. The first-order chi connectivity index (χ1) is 17.9. The number of benzene rings is 4. The fourth-order valence-corrected chi connectivity index (χ4v) is 4.47. The van der Waals surface area contributed by atoms with Crippen LogP contribution in [-0.2, 0) is 6.54 Å². The molecule has 0 atom stereocenters. The summed E-state index contributed by atoms with van der Waals surface area (Å²) in [5, 5.41) is 6.98. The van der Waals surface area contributed by atoms with Gasteiger partial charge in [0.25, 0.3) is 5.56 Å². The van der Waals surface area contributed by atoms with E-state index in [-0.39, 0.29) is 5.56 Å². The minimum Gasteiger partial charge on any atom is -0.308 e. The van der Waals surface area contributed by atoms with Gasteiger partial charge in [-0.2, -0.15) is 0 Å². The van der Waals surface area contributed by atoms with Crippen LogP contribution in [0, 0.1) is 6.92 Å². The van der Waals surface area contributed by atoms with Crippen molar-refractivity contribution in [3.8, 4) is 11.1 Å². The summed E-state index contributed by atoms with van der Waals surface area (Å²) in [6.45, 7) is 2.18. The van der Waals surface area contributed by atoms with Crippen molar-refractivity contribution in [3.63, 3.8) is 0 Å². The van der Waals surface area contributed by atoms with E-state index in [4.69, 9.17) is 23.2 Å². The van der Waals surface area contributed by atoms with Crippen LogP contribution >= 0.6 is 23.2 Å². The van der Waals surface area contributed by atoms with E-state index in [9.17, 15) is 9.59 Å². The highest BCUT2D eigenvalue weighted by atomic mass is 35.5. The summed E-state index contributed by atoms with van der Waals surface area (Å²) in [5.41, 5.74) is 4.37. The average molecular weight is 529 g/mol. The Morgan fingerprint density at radius 2 is 1.65 bits per heavy atom. The van der Waals surface area contributed by atoms with Crippen LogP contribution in [0.5, 0.6) is 0 Å². The predicted octanol–water partition coefficient (Wildman–Crippen LogP) is 7.37. The number of para-hydroxylation sites is 1. The van der Waals surface area contributed by atoms with E-state index in [1.165, 1.54) is 0 Å². The second-order valence-electron chi connectivity index (χ2n) is 8.55. The number of nitrogens with one attached hydrogen (secondary N) is 2. The van der Waals surface area contributed by atoms with Gasteiger partial charge >= 0.3 is 6.03 Å². The Morgan fingerprint density at radius 1 is 0.865 bits per heavy atom. The molecular formula is C29H22Cl2N4O2. The van der Waals surface area contributed by atoms with Crippen LogP contribution in [0.25, 0.3) is 22.0 Å². The third kappa shape index (κ3) is 5.50. The van der Waals surface area contributed by atoms with Gasteiger partial charge in [-0.15, -0.1) is 0 Å². The molecule has 8 heteroatoms. The van der Waals surface area contributed by atoms with Crippen LogP contribution in [0.4, 0.5) is 16.2 Å². The third-order valence-corrected chi connectivity index (χ3v) is 6.54. The van der Waals surface area contributed by atoms with Crippen molar-refractivity contribution in [2.24, 2.45) is 0 Å². The smallest absolute Gasteiger partial charge is 0.308 e. The van der Waals surface area contributed by atoms with Gasteiger partial charge in [0.2, 0.25) is 0 Å². The molecule has 0 radical (unpaired) electrons. The molecule has 2 N–H and O–H groups in total. The zero-order chi connectivity index (χ0) is 25.9. The summed E-state index contributed by atoms with van der Waals surface area (Å²) in [7, 11) is 0. The van der Waals surface area contributed by atoms with Crippen LogP contribution in [0.2, 0.25) is 10.0 Å². The van der Waals surface area contributed by atoms with E-state index in [1.807, 2.05) is 55.5 Å². The van der Waals surface area contributed by atoms with Crippen LogP contribution in [-0.4, -0.2) is 15.6 Å². The second-order valence-corrected chi connectivity index (χ2v) is 9.39. The molecule has 0 aliphatic heterocycles. The first-order valence-corrected chi connectivity index (χ1v) is 12.3. The van der Waals surface area contributed by atoms with Gasteiger partial charge in [-0.1, -0.05) is 71.7 Å². The van der Waals surface area contributed by atoms with Crippen LogP contribution in [0.15, 0.2) is 95.8 Å². The van der Waals surface area contributed by atoms with Gasteiger partial charge in [0, 0.05) is 10.7 Å². The lowest BCUT2D eigenvalue weighted by Gasteiger charge is -2.13. The molecule has 0 aliphatic rings. The van der Waals surface area contributed by atoms with Crippen LogP contribution < -0.4 is 16.2 Å². The molecule has 0 bridgehead atoms. The molecule has 5 aromatic rings. The van der Waals surface area contributed by atoms with E-state index in [0.717, 1.165) is 16.7 Å². The summed E-state index contributed by atoms with van der Waals surface area (Å²) < 4.78 is 1.63. The highest BCUT2D eigenvalue weighted by Gasteiger charge is 2.12. The fourth-order valence-electron chi connectivity index (χ4n) is 4.10. The zero-order valence-corrected chi connectivity index (χ0v) is 21.3. The maximum Gasteiger partial charge on any atom is 0.323 e. The molecule has 184 valence electrons. The zero-order valence-electron chi connectivity index (χ0n) is 19.8. The summed E-state index contributed by atoms with van der Waals surface area (Å²) in [5.74, 6) is 0.605. The van der Waals surface area contributed by atoms with E-state index in [1.54, 1.807) is 47.0 Å². The van der Waals surface area contributed by atoms with Crippen molar-refractivity contribution in [2.75, 3.05) is 10.6 Å². The quantitative estimate of drug-likeness (QED) is 0.250. The van der Waals surface area contributed by atoms with Crippen molar-refractivity contribution in [1.82, 2.24) is 9.55 Å². The minimum absolute atomic E-state index is 0.184. The molecule has 4 aromatic carbocycles. The molecule has 6 nitrogen and oxygen atoms in total. The maximum absolute atomic E-state index is 13.4. The highest BCUT2D eigenvalue weighted by Crippen LogP contribution is 2.24. The average Bonchev–Trinajstić information content (AvgIpc) is 2.89. The largest absolute Gasteiger partial charge is 0.323 e. The van der Waals surface area contributed by atoms with E-state index >= 15 is 0 Å². The number of aromatic nitrogens is 2. The van der Waals surface area contributed by atoms with Gasteiger partial charge in [-0.25, -0.2) is 9.78 Å². The number of fused-ring (bicyclic) bond motifs is 1. The lowest BCUT2D eigenvalue weighted by molar-refractivity contribution is 0.262. The summed E-state index contributed by atoms with van der Waals surface area (Å²) in [6.07, 6.45) is 0. The van der Waals surface area contributed by atoms with Crippen LogP contribution in [0.3, 0.4) is 0 Å². The first kappa shape index (κ1) is 24.6. The molecule has 0 fully saturated rings. The molecular weight excluding hydrogens is 507 g/mol. The fraction of sp³-hybridized carbons (Fsp3) is 0.0690. The van der Waals surface area contributed by atoms with Crippen molar-refractivity contribution in [2.45, 2.75) is 13.5 Å². The number of anilines is 2. The number of carbonyl (C=O) groups excluding carboxylic acids is 1. The van der Waals surface area contributed by atoms with Gasteiger partial charge in [-0.3, -0.25) is 9.36 Å². The molecule has 0 saturated carbocycles. The van der Waals surface area contributed by atoms with Gasteiger partial charge in [0.05, 0.1) is 28.2 Å². The number of nitrogens with zero attached hydrogens (tertiary/aromatic N) is 2. The summed E-state index contributed by atoms with van der Waals surface area (Å²) in [4.78, 5) is 30.5. The van der Waals surface area contributed by atoms with Gasteiger partial charge in [0.15, 0.2) is 0 Å². The number of hydrogen-bond acceptors (Lipinski definition) is 3.